The highest BCUT2D eigenvalue weighted by molar-refractivity contribution is 7.13. The first-order chi connectivity index (χ1) is 13.0. The highest BCUT2D eigenvalue weighted by atomic mass is 32.1. The van der Waals surface area contributed by atoms with Crippen LogP contribution in [0.2, 0.25) is 0 Å². The fourth-order valence-electron chi connectivity index (χ4n) is 3.37. The first-order valence-corrected chi connectivity index (χ1v) is 10.3. The monoisotopic (exact) mass is 386 g/mol. The second-order valence-corrected chi connectivity index (χ2v) is 7.93. The Hall–Kier alpha value is -2.41. The van der Waals surface area contributed by atoms with Gasteiger partial charge in [-0.05, 0) is 37.8 Å². The molecule has 1 aliphatic carbocycles. The standard InChI is InChI=1S/C20H26N4O2S/c1-13-7-6-8-14(2)18(13)23-17(25)11-16-12-27-20(22-16)24-19(26)21-15-9-4-3-5-10-15/h6-8,12,15H,3-5,9-11H2,1-2H3,(H,23,25)(H2,21,22,24,26). The van der Waals surface area contributed by atoms with Crippen LogP contribution in [0.5, 0.6) is 0 Å². The van der Waals surface area contributed by atoms with Crippen LogP contribution in [0, 0.1) is 13.8 Å². The summed E-state index contributed by atoms with van der Waals surface area (Å²) in [5.41, 5.74) is 3.56. The maximum absolute atomic E-state index is 12.3. The number of aromatic nitrogens is 1. The number of carbonyl (C=O) groups is 2. The number of thiazole rings is 1. The zero-order valence-corrected chi connectivity index (χ0v) is 16.6. The van der Waals surface area contributed by atoms with Gasteiger partial charge in [0.25, 0.3) is 0 Å². The summed E-state index contributed by atoms with van der Waals surface area (Å²) in [4.78, 5) is 28.8. The van der Waals surface area contributed by atoms with E-state index < -0.39 is 0 Å². The Morgan fingerprint density at radius 3 is 2.52 bits per heavy atom. The number of rotatable bonds is 5. The molecule has 0 aliphatic heterocycles. The smallest absolute Gasteiger partial charge is 0.321 e. The van der Waals surface area contributed by atoms with Crippen molar-refractivity contribution in [2.45, 2.75) is 58.4 Å². The third-order valence-electron chi connectivity index (χ3n) is 4.80. The number of anilines is 2. The van der Waals surface area contributed by atoms with E-state index in [1.165, 1.54) is 30.6 Å². The van der Waals surface area contributed by atoms with Crippen LogP contribution < -0.4 is 16.0 Å². The predicted octanol–water partition coefficient (Wildman–Crippen LogP) is 4.40. The summed E-state index contributed by atoms with van der Waals surface area (Å²) in [7, 11) is 0. The zero-order valence-electron chi connectivity index (χ0n) is 15.8. The van der Waals surface area contributed by atoms with Crippen molar-refractivity contribution in [1.29, 1.82) is 0 Å². The van der Waals surface area contributed by atoms with Crippen molar-refractivity contribution in [2.75, 3.05) is 10.6 Å². The molecule has 7 heteroatoms. The first kappa shape index (κ1) is 19.4. The van der Waals surface area contributed by atoms with Gasteiger partial charge in [-0.1, -0.05) is 37.5 Å². The molecule has 0 atom stereocenters. The van der Waals surface area contributed by atoms with Gasteiger partial charge in [-0.25, -0.2) is 9.78 Å². The first-order valence-electron chi connectivity index (χ1n) is 9.39. The fourth-order valence-corrected chi connectivity index (χ4v) is 4.08. The summed E-state index contributed by atoms with van der Waals surface area (Å²) in [6.45, 7) is 3.94. The molecule has 0 spiro atoms. The second-order valence-electron chi connectivity index (χ2n) is 7.07. The van der Waals surface area contributed by atoms with Crippen molar-refractivity contribution in [3.8, 4) is 0 Å². The Morgan fingerprint density at radius 1 is 1.11 bits per heavy atom. The van der Waals surface area contributed by atoms with Crippen LogP contribution in [-0.4, -0.2) is 23.0 Å². The fraction of sp³-hybridized carbons (Fsp3) is 0.450. The van der Waals surface area contributed by atoms with Crippen LogP contribution in [0.15, 0.2) is 23.6 Å². The maximum atomic E-state index is 12.3. The molecule has 144 valence electrons. The minimum absolute atomic E-state index is 0.115. The Bertz CT molecular complexity index is 792. The summed E-state index contributed by atoms with van der Waals surface area (Å²) in [6, 6.07) is 5.94. The van der Waals surface area contributed by atoms with Crippen LogP contribution in [0.25, 0.3) is 0 Å². The molecule has 0 radical (unpaired) electrons. The summed E-state index contributed by atoms with van der Waals surface area (Å²) < 4.78 is 0. The molecule has 0 saturated heterocycles. The van der Waals surface area contributed by atoms with Gasteiger partial charge in [-0.3, -0.25) is 10.1 Å². The van der Waals surface area contributed by atoms with Crippen LogP contribution in [-0.2, 0) is 11.2 Å². The van der Waals surface area contributed by atoms with E-state index in [1.807, 2.05) is 32.0 Å². The van der Waals surface area contributed by atoms with Gasteiger partial charge in [0, 0.05) is 17.1 Å². The van der Waals surface area contributed by atoms with Crippen LogP contribution in [0.3, 0.4) is 0 Å². The van der Waals surface area contributed by atoms with Gasteiger partial charge >= 0.3 is 6.03 Å². The lowest BCUT2D eigenvalue weighted by Crippen LogP contribution is -2.39. The molecule has 1 aromatic carbocycles. The normalized spacial score (nSPS) is 14.6. The molecule has 1 fully saturated rings. The molecule has 2 aromatic rings. The topological polar surface area (TPSA) is 83.1 Å². The third-order valence-corrected chi connectivity index (χ3v) is 5.61. The average molecular weight is 387 g/mol. The van der Waals surface area contributed by atoms with Crippen molar-refractivity contribution in [3.63, 3.8) is 0 Å². The summed E-state index contributed by atoms with van der Waals surface area (Å²) in [6.07, 6.45) is 5.84. The minimum Gasteiger partial charge on any atom is -0.335 e. The van der Waals surface area contributed by atoms with Gasteiger partial charge in [0.05, 0.1) is 12.1 Å². The van der Waals surface area contributed by atoms with Gasteiger partial charge in [-0.2, -0.15) is 0 Å². The van der Waals surface area contributed by atoms with Crippen molar-refractivity contribution in [2.24, 2.45) is 0 Å². The average Bonchev–Trinajstić information content (AvgIpc) is 3.05. The number of nitrogens with zero attached hydrogens (tertiary/aromatic N) is 1. The van der Waals surface area contributed by atoms with Crippen molar-refractivity contribution >= 4 is 34.1 Å². The number of amides is 3. The number of para-hydroxylation sites is 1. The lowest BCUT2D eigenvalue weighted by Gasteiger charge is -2.22. The SMILES string of the molecule is Cc1cccc(C)c1NC(=O)Cc1csc(NC(=O)NC2CCCCC2)n1. The van der Waals surface area contributed by atoms with E-state index in [9.17, 15) is 9.59 Å². The number of hydrogen-bond acceptors (Lipinski definition) is 4. The van der Waals surface area contributed by atoms with Crippen molar-refractivity contribution in [1.82, 2.24) is 10.3 Å². The van der Waals surface area contributed by atoms with E-state index in [1.54, 1.807) is 5.38 Å². The molecule has 1 aromatic heterocycles. The predicted molar refractivity (Wildman–Crippen MR) is 109 cm³/mol. The number of carbonyl (C=O) groups excluding carboxylic acids is 2. The maximum Gasteiger partial charge on any atom is 0.321 e. The Balaban J connectivity index is 1.51. The molecule has 1 aliphatic rings. The quantitative estimate of drug-likeness (QED) is 0.712. The van der Waals surface area contributed by atoms with E-state index >= 15 is 0 Å². The van der Waals surface area contributed by atoms with Crippen molar-refractivity contribution < 1.29 is 9.59 Å². The van der Waals surface area contributed by atoms with Gasteiger partial charge < -0.3 is 10.6 Å². The number of benzene rings is 1. The molecule has 3 amide bonds. The molecule has 1 heterocycles. The van der Waals surface area contributed by atoms with Crippen LogP contribution in [0.4, 0.5) is 15.6 Å². The van der Waals surface area contributed by atoms with E-state index in [0.29, 0.717) is 10.8 Å². The summed E-state index contributed by atoms with van der Waals surface area (Å²) >= 11 is 1.33. The van der Waals surface area contributed by atoms with Gasteiger partial charge in [0.2, 0.25) is 5.91 Å². The molecular weight excluding hydrogens is 360 g/mol. The largest absolute Gasteiger partial charge is 0.335 e. The van der Waals surface area contributed by atoms with Gasteiger partial charge in [-0.15, -0.1) is 11.3 Å². The summed E-state index contributed by atoms with van der Waals surface area (Å²) in [5.74, 6) is -0.115. The van der Waals surface area contributed by atoms with E-state index in [4.69, 9.17) is 0 Å². The highest BCUT2D eigenvalue weighted by Gasteiger charge is 2.17. The molecule has 0 unspecified atom stereocenters. The van der Waals surface area contributed by atoms with Crippen LogP contribution >= 0.6 is 11.3 Å². The number of hydrogen-bond donors (Lipinski definition) is 3. The van der Waals surface area contributed by atoms with E-state index in [0.717, 1.165) is 29.7 Å². The van der Waals surface area contributed by atoms with Gasteiger partial charge in [0.15, 0.2) is 5.13 Å². The molecule has 3 rings (SSSR count). The molecule has 3 N–H and O–H groups in total. The third kappa shape index (κ3) is 5.53. The lowest BCUT2D eigenvalue weighted by molar-refractivity contribution is -0.115. The number of urea groups is 1. The highest BCUT2D eigenvalue weighted by Crippen LogP contribution is 2.21. The molecule has 1 saturated carbocycles. The summed E-state index contributed by atoms with van der Waals surface area (Å²) in [5, 5.41) is 11.1. The minimum atomic E-state index is -0.220. The number of nitrogens with one attached hydrogen (secondary N) is 3. The van der Waals surface area contributed by atoms with E-state index in [-0.39, 0.29) is 24.4 Å². The molecule has 27 heavy (non-hydrogen) atoms. The number of aryl methyl sites for hydroxylation is 2. The van der Waals surface area contributed by atoms with Crippen molar-refractivity contribution in [3.05, 3.63) is 40.4 Å². The lowest BCUT2D eigenvalue weighted by atomic mass is 9.96. The molecule has 0 bridgehead atoms. The van der Waals surface area contributed by atoms with Gasteiger partial charge in [0.1, 0.15) is 0 Å². The Labute approximate surface area is 163 Å². The van der Waals surface area contributed by atoms with Crippen LogP contribution in [0.1, 0.15) is 48.9 Å². The second kappa shape index (κ2) is 8.99. The Morgan fingerprint density at radius 2 is 1.81 bits per heavy atom. The van der Waals surface area contributed by atoms with E-state index in [2.05, 4.69) is 20.9 Å². The molecule has 6 nitrogen and oxygen atoms in total. The Kier molecular flexibility index (Phi) is 6.45. The molecular formula is C20H26N4O2S. The zero-order chi connectivity index (χ0) is 19.2.